The van der Waals surface area contributed by atoms with Crippen molar-refractivity contribution in [2.45, 2.75) is 82.8 Å². The summed E-state index contributed by atoms with van der Waals surface area (Å²) in [7, 11) is 1.97. The molecule has 5 heteroatoms. The van der Waals surface area contributed by atoms with Crippen LogP contribution >= 0.6 is 0 Å². The van der Waals surface area contributed by atoms with Gasteiger partial charge in [0.2, 0.25) is 0 Å². The number of carbonyl (C=O) groups is 1. The van der Waals surface area contributed by atoms with Crippen LogP contribution < -0.4 is 10.6 Å². The summed E-state index contributed by atoms with van der Waals surface area (Å²) in [5.74, 6) is 0.436. The Kier molecular flexibility index (Phi) is 7.04. The lowest BCUT2D eigenvalue weighted by atomic mass is 9.74. The van der Waals surface area contributed by atoms with Crippen molar-refractivity contribution in [1.29, 1.82) is 0 Å². The van der Waals surface area contributed by atoms with Crippen LogP contribution in [0.2, 0.25) is 0 Å². The van der Waals surface area contributed by atoms with Gasteiger partial charge in [0.25, 0.3) is 0 Å². The molecule has 32 heavy (non-hydrogen) atoms. The Labute approximate surface area is 192 Å². The van der Waals surface area contributed by atoms with Gasteiger partial charge in [-0.2, -0.15) is 0 Å². The highest BCUT2D eigenvalue weighted by Gasteiger charge is 2.43. The lowest BCUT2D eigenvalue weighted by molar-refractivity contribution is 0.127. The third-order valence-corrected chi connectivity index (χ3v) is 7.59. The molecule has 1 aromatic rings. The minimum absolute atomic E-state index is 0.0110. The number of hydrogen-bond donors (Lipinski definition) is 2. The lowest BCUT2D eigenvalue weighted by Gasteiger charge is -2.48. The van der Waals surface area contributed by atoms with E-state index in [9.17, 15) is 9.18 Å². The maximum atomic E-state index is 13.7. The van der Waals surface area contributed by atoms with Gasteiger partial charge in [-0.25, -0.2) is 9.18 Å². The largest absolute Gasteiger partial charge is 0.333 e. The number of halogens is 1. The number of urea groups is 1. The standard InChI is InChI=1S/C27H38FN3O/c1-4-5-7-19-8-6-9-24-21(16-19)14-15-31(25(24)20-10-12-22(28)13-11-20)26(32)30-27(2)17-23(18-27)29-3/h6,9-13,19,23,25,29H,4-5,7-8,14-18H2,1-3H3,(H,30,32)/t19?,23-,25-,27-/m0/s1. The molecule has 1 aromatic carbocycles. The van der Waals surface area contributed by atoms with Gasteiger partial charge < -0.3 is 15.5 Å². The Hall–Kier alpha value is -2.14. The van der Waals surface area contributed by atoms with E-state index >= 15 is 0 Å². The average Bonchev–Trinajstić information content (AvgIpc) is 2.97. The first-order chi connectivity index (χ1) is 15.4. The quantitative estimate of drug-likeness (QED) is 0.582. The summed E-state index contributed by atoms with van der Waals surface area (Å²) in [6, 6.07) is 6.99. The van der Waals surface area contributed by atoms with E-state index in [4.69, 9.17) is 0 Å². The van der Waals surface area contributed by atoms with Crippen molar-refractivity contribution in [3.8, 4) is 0 Å². The zero-order valence-corrected chi connectivity index (χ0v) is 19.8. The van der Waals surface area contributed by atoms with Crippen molar-refractivity contribution in [1.82, 2.24) is 15.5 Å². The Morgan fingerprint density at radius 1 is 1.25 bits per heavy atom. The molecule has 0 bridgehead atoms. The van der Waals surface area contributed by atoms with Crippen molar-refractivity contribution >= 4 is 6.03 Å². The highest BCUT2D eigenvalue weighted by molar-refractivity contribution is 5.77. The molecule has 1 unspecified atom stereocenters. The molecule has 1 aliphatic heterocycles. The van der Waals surface area contributed by atoms with E-state index in [0.717, 1.165) is 37.7 Å². The molecule has 0 aromatic heterocycles. The van der Waals surface area contributed by atoms with Crippen LogP contribution in [0.25, 0.3) is 0 Å². The molecule has 0 radical (unpaired) electrons. The minimum atomic E-state index is -0.245. The van der Waals surface area contributed by atoms with Crippen LogP contribution in [0.5, 0.6) is 0 Å². The second kappa shape index (κ2) is 9.78. The van der Waals surface area contributed by atoms with Crippen molar-refractivity contribution in [2.24, 2.45) is 5.92 Å². The van der Waals surface area contributed by atoms with Gasteiger partial charge >= 0.3 is 6.03 Å². The summed E-state index contributed by atoms with van der Waals surface area (Å²) in [6.45, 7) is 5.08. The maximum absolute atomic E-state index is 13.7. The summed E-state index contributed by atoms with van der Waals surface area (Å²) in [4.78, 5) is 15.5. The highest BCUT2D eigenvalue weighted by atomic mass is 19.1. The molecule has 2 N–H and O–H groups in total. The number of hydrogen-bond acceptors (Lipinski definition) is 2. The van der Waals surface area contributed by atoms with Crippen LogP contribution in [-0.4, -0.2) is 36.1 Å². The Balaban J connectivity index is 1.61. The molecule has 1 heterocycles. The molecule has 0 spiro atoms. The second-order valence-electron chi connectivity index (χ2n) is 10.2. The fourth-order valence-corrected chi connectivity index (χ4v) is 5.74. The first-order valence-corrected chi connectivity index (χ1v) is 12.3. The van der Waals surface area contributed by atoms with Crippen molar-refractivity contribution in [2.75, 3.05) is 13.6 Å². The van der Waals surface area contributed by atoms with Gasteiger partial charge in [-0.3, -0.25) is 0 Å². The number of nitrogens with zero attached hydrogens (tertiary/aromatic N) is 1. The number of unbranched alkanes of at least 4 members (excludes halogenated alkanes) is 1. The maximum Gasteiger partial charge on any atom is 0.318 e. The molecule has 1 fully saturated rings. The smallest absolute Gasteiger partial charge is 0.318 e. The van der Waals surface area contributed by atoms with Crippen LogP contribution in [0.15, 0.2) is 47.6 Å². The first-order valence-electron chi connectivity index (χ1n) is 12.3. The van der Waals surface area contributed by atoms with E-state index in [1.54, 1.807) is 0 Å². The van der Waals surface area contributed by atoms with Crippen LogP contribution in [0.3, 0.4) is 0 Å². The zero-order chi connectivity index (χ0) is 22.7. The van der Waals surface area contributed by atoms with E-state index in [1.807, 2.05) is 24.1 Å². The molecular formula is C27H38FN3O. The number of allylic oxidation sites excluding steroid dienone is 1. The molecule has 1 saturated carbocycles. The Morgan fingerprint density at radius 3 is 2.69 bits per heavy atom. The average molecular weight is 440 g/mol. The summed E-state index contributed by atoms with van der Waals surface area (Å²) in [5.41, 5.74) is 3.53. The fraction of sp³-hybridized carbons (Fsp3) is 0.593. The van der Waals surface area contributed by atoms with Gasteiger partial charge in [0.1, 0.15) is 5.82 Å². The number of carbonyl (C=O) groups excluding carboxylic acids is 1. The number of amides is 2. The minimum Gasteiger partial charge on any atom is -0.333 e. The molecule has 4 nitrogen and oxygen atoms in total. The van der Waals surface area contributed by atoms with Crippen molar-refractivity contribution < 1.29 is 9.18 Å². The lowest BCUT2D eigenvalue weighted by Crippen LogP contribution is -2.63. The Morgan fingerprint density at radius 2 is 2.00 bits per heavy atom. The van der Waals surface area contributed by atoms with Crippen LogP contribution in [0.1, 0.15) is 76.8 Å². The third kappa shape index (κ3) is 4.93. The molecule has 2 aliphatic carbocycles. The molecule has 4 rings (SSSR count). The monoisotopic (exact) mass is 439 g/mol. The van der Waals surface area contributed by atoms with E-state index < -0.39 is 0 Å². The Bertz CT molecular complexity index is 869. The number of nitrogens with one attached hydrogen (secondary N) is 2. The van der Waals surface area contributed by atoms with Gasteiger partial charge in [0.05, 0.1) is 6.04 Å². The predicted molar refractivity (Wildman–Crippen MR) is 128 cm³/mol. The number of benzene rings is 1. The van der Waals surface area contributed by atoms with E-state index in [-0.39, 0.29) is 23.4 Å². The zero-order valence-electron chi connectivity index (χ0n) is 19.8. The molecule has 3 aliphatic rings. The van der Waals surface area contributed by atoms with Crippen LogP contribution in [0.4, 0.5) is 9.18 Å². The third-order valence-electron chi connectivity index (χ3n) is 7.59. The highest BCUT2D eigenvalue weighted by Crippen LogP contribution is 2.42. The van der Waals surface area contributed by atoms with E-state index in [1.165, 1.54) is 42.5 Å². The normalized spacial score (nSPS) is 29.9. The predicted octanol–water partition coefficient (Wildman–Crippen LogP) is 5.88. The van der Waals surface area contributed by atoms with Gasteiger partial charge in [-0.1, -0.05) is 49.6 Å². The van der Waals surface area contributed by atoms with Gasteiger partial charge in [0, 0.05) is 18.1 Å². The second-order valence-corrected chi connectivity index (χ2v) is 10.2. The van der Waals surface area contributed by atoms with E-state index in [0.29, 0.717) is 18.5 Å². The topological polar surface area (TPSA) is 44.4 Å². The molecule has 0 saturated heterocycles. The number of rotatable bonds is 6. The first kappa shape index (κ1) is 23.0. The molecular weight excluding hydrogens is 401 g/mol. The van der Waals surface area contributed by atoms with Gasteiger partial charge in [0.15, 0.2) is 0 Å². The van der Waals surface area contributed by atoms with Crippen LogP contribution in [0, 0.1) is 11.7 Å². The molecule has 2 amide bonds. The van der Waals surface area contributed by atoms with E-state index in [2.05, 4.69) is 36.6 Å². The summed E-state index contributed by atoms with van der Waals surface area (Å²) in [6.07, 6.45) is 13.3. The van der Waals surface area contributed by atoms with Crippen molar-refractivity contribution in [3.05, 3.63) is 58.9 Å². The molecule has 174 valence electrons. The molecule has 2 atom stereocenters. The fourth-order valence-electron chi connectivity index (χ4n) is 5.74. The van der Waals surface area contributed by atoms with Gasteiger partial charge in [-0.05, 0) is 81.7 Å². The van der Waals surface area contributed by atoms with Crippen molar-refractivity contribution in [3.63, 3.8) is 0 Å². The van der Waals surface area contributed by atoms with Crippen LogP contribution in [-0.2, 0) is 0 Å². The summed E-state index contributed by atoms with van der Waals surface area (Å²) >= 11 is 0. The summed E-state index contributed by atoms with van der Waals surface area (Å²) < 4.78 is 13.7. The SMILES string of the molecule is CCCCC1CC=CC2=C(CCN(C(=O)N[C@]3(C)C[C@@H](NC)C3)[C@H]2c2ccc(F)cc2)C1. The van der Waals surface area contributed by atoms with Gasteiger partial charge in [-0.15, -0.1) is 0 Å². The summed E-state index contributed by atoms with van der Waals surface area (Å²) in [5, 5.41) is 6.61.